The fourth-order valence-corrected chi connectivity index (χ4v) is 1.66. The Hall–Kier alpha value is -1.48. The van der Waals surface area contributed by atoms with Crippen LogP contribution in [0.4, 0.5) is 5.69 Å². The molecule has 98 valence electrons. The first-order chi connectivity index (χ1) is 8.54. The lowest BCUT2D eigenvalue weighted by Crippen LogP contribution is -2.15. The second-order valence-electron chi connectivity index (χ2n) is 4.03. The molecule has 0 saturated heterocycles. The fourth-order valence-electron chi connectivity index (χ4n) is 1.60. The van der Waals surface area contributed by atoms with Crippen LogP contribution in [0.2, 0.25) is 0 Å². The van der Waals surface area contributed by atoms with E-state index in [0.29, 0.717) is 6.61 Å². The van der Waals surface area contributed by atoms with E-state index in [-0.39, 0.29) is 0 Å². The highest BCUT2D eigenvalue weighted by Crippen LogP contribution is 2.23. The molecule has 1 aromatic carbocycles. The number of hydrogen-bond donors (Lipinski definition) is 0. The predicted molar refractivity (Wildman–Crippen MR) is 79.1 cm³/mol. The van der Waals surface area contributed by atoms with Gasteiger partial charge in [0.1, 0.15) is 12.4 Å². The number of ether oxygens (including phenoxy) is 1. The van der Waals surface area contributed by atoms with Crippen LogP contribution in [-0.4, -0.2) is 27.0 Å². The molecule has 4 heteroatoms. The number of hydrogen-bond acceptors (Lipinski definition) is 2. The van der Waals surface area contributed by atoms with Crippen molar-refractivity contribution in [2.24, 2.45) is 4.99 Å². The molecule has 0 aliphatic carbocycles. The molecule has 0 fully saturated rings. The van der Waals surface area contributed by atoms with E-state index >= 15 is 0 Å². The van der Waals surface area contributed by atoms with Crippen molar-refractivity contribution in [3.8, 4) is 5.75 Å². The first-order valence-electron chi connectivity index (χ1n) is 5.75. The van der Waals surface area contributed by atoms with Crippen LogP contribution in [0, 0.1) is 6.92 Å². The summed E-state index contributed by atoms with van der Waals surface area (Å²) in [7, 11) is 3.72. The summed E-state index contributed by atoms with van der Waals surface area (Å²) in [5, 5.41) is 0.738. The lowest BCUT2D eigenvalue weighted by atomic mass is 10.2. The lowest BCUT2D eigenvalue weighted by Gasteiger charge is -2.16. The predicted octanol–water partition coefficient (Wildman–Crippen LogP) is 3.61. The molecule has 0 atom stereocenters. The lowest BCUT2D eigenvalue weighted by molar-refractivity contribution is 0.362. The van der Waals surface area contributed by atoms with Crippen LogP contribution >= 0.6 is 11.6 Å². The van der Waals surface area contributed by atoms with Crippen LogP contribution in [0.25, 0.3) is 0 Å². The quantitative estimate of drug-likeness (QED) is 0.601. The second kappa shape index (κ2) is 7.07. The van der Waals surface area contributed by atoms with E-state index in [2.05, 4.69) is 4.99 Å². The molecule has 0 spiro atoms. The molecule has 0 aliphatic heterocycles. The molecular weight excluding hydrogens is 248 g/mol. The molecule has 0 radical (unpaired) electrons. The van der Waals surface area contributed by atoms with E-state index in [4.69, 9.17) is 16.3 Å². The van der Waals surface area contributed by atoms with Crippen LogP contribution in [0.5, 0.6) is 5.75 Å². The van der Waals surface area contributed by atoms with Gasteiger partial charge in [-0.05, 0) is 43.7 Å². The van der Waals surface area contributed by atoms with Crippen molar-refractivity contribution < 1.29 is 4.74 Å². The zero-order valence-electron chi connectivity index (χ0n) is 11.3. The van der Waals surface area contributed by atoms with Gasteiger partial charge in [-0.2, -0.15) is 0 Å². The average molecular weight is 267 g/mol. The third-order valence-electron chi connectivity index (χ3n) is 2.45. The van der Waals surface area contributed by atoms with Crippen LogP contribution in [0.15, 0.2) is 34.3 Å². The largest absolute Gasteiger partial charge is 0.489 e. The van der Waals surface area contributed by atoms with Crippen molar-refractivity contribution in [3.05, 3.63) is 34.9 Å². The van der Waals surface area contributed by atoms with Gasteiger partial charge in [0, 0.05) is 24.8 Å². The number of nitrogens with zero attached hydrogens (tertiary/aromatic N) is 2. The summed E-state index contributed by atoms with van der Waals surface area (Å²) in [5.74, 6) is 0.840. The number of rotatable bonds is 5. The molecule has 0 bridgehead atoms. The summed E-state index contributed by atoms with van der Waals surface area (Å²) >= 11 is 5.74. The first kappa shape index (κ1) is 14.6. The molecule has 0 heterocycles. The van der Waals surface area contributed by atoms with E-state index in [1.165, 1.54) is 0 Å². The van der Waals surface area contributed by atoms with Gasteiger partial charge in [0.15, 0.2) is 0 Å². The van der Waals surface area contributed by atoms with Crippen molar-refractivity contribution in [3.63, 3.8) is 0 Å². The first-order valence-corrected chi connectivity index (χ1v) is 6.13. The molecule has 1 aromatic rings. The number of allylic oxidation sites excluding steroid dienone is 1. The molecule has 0 aliphatic rings. The van der Waals surface area contributed by atoms with Gasteiger partial charge in [0.25, 0.3) is 0 Å². The third kappa shape index (κ3) is 4.41. The molecule has 0 unspecified atom stereocenters. The Morgan fingerprint density at radius 3 is 2.78 bits per heavy atom. The highest BCUT2D eigenvalue weighted by atomic mass is 35.5. The van der Waals surface area contributed by atoms with Crippen molar-refractivity contribution in [1.82, 2.24) is 0 Å². The Morgan fingerprint density at radius 1 is 1.50 bits per heavy atom. The molecule has 0 amide bonds. The van der Waals surface area contributed by atoms with Gasteiger partial charge in [0.2, 0.25) is 0 Å². The maximum Gasteiger partial charge on any atom is 0.120 e. The van der Waals surface area contributed by atoms with E-state index in [1.54, 1.807) is 13.4 Å². The van der Waals surface area contributed by atoms with E-state index in [9.17, 15) is 0 Å². The second-order valence-corrected chi connectivity index (χ2v) is 4.63. The topological polar surface area (TPSA) is 24.8 Å². The summed E-state index contributed by atoms with van der Waals surface area (Å²) in [6.07, 6.45) is 3.61. The Kier molecular flexibility index (Phi) is 5.72. The van der Waals surface area contributed by atoms with Crippen molar-refractivity contribution in [2.75, 3.05) is 25.6 Å². The summed E-state index contributed by atoms with van der Waals surface area (Å²) < 4.78 is 5.58. The monoisotopic (exact) mass is 266 g/mol. The molecule has 0 aromatic heterocycles. The summed E-state index contributed by atoms with van der Waals surface area (Å²) in [6, 6.07) is 5.97. The maximum atomic E-state index is 5.74. The fraction of sp³-hybridized carbons (Fsp3) is 0.357. The summed E-state index contributed by atoms with van der Waals surface area (Å²) in [4.78, 5) is 5.97. The Morgan fingerprint density at radius 2 is 2.22 bits per heavy atom. The summed E-state index contributed by atoms with van der Waals surface area (Å²) in [6.45, 7) is 4.36. The van der Waals surface area contributed by atoms with Gasteiger partial charge in [-0.25, -0.2) is 0 Å². The van der Waals surface area contributed by atoms with Crippen LogP contribution in [-0.2, 0) is 0 Å². The van der Waals surface area contributed by atoms with Crippen molar-refractivity contribution in [1.29, 1.82) is 0 Å². The Bertz CT molecular complexity index is 451. The SMILES string of the molecule is CN=CN(C)c1ccc(OCC=C(C)Cl)cc1C. The van der Waals surface area contributed by atoms with Crippen molar-refractivity contribution in [2.45, 2.75) is 13.8 Å². The van der Waals surface area contributed by atoms with Gasteiger partial charge in [-0.1, -0.05) is 11.6 Å². The minimum absolute atomic E-state index is 0.486. The highest BCUT2D eigenvalue weighted by Gasteiger charge is 2.03. The number of aliphatic imine (C=N–C) groups is 1. The van der Waals surface area contributed by atoms with Gasteiger partial charge < -0.3 is 9.64 Å². The zero-order chi connectivity index (χ0) is 13.5. The van der Waals surface area contributed by atoms with E-state index in [0.717, 1.165) is 22.0 Å². The maximum absolute atomic E-state index is 5.74. The number of halogens is 1. The third-order valence-corrected chi connectivity index (χ3v) is 2.61. The van der Waals surface area contributed by atoms with Crippen molar-refractivity contribution >= 4 is 23.6 Å². The number of aryl methyl sites for hydroxylation is 1. The van der Waals surface area contributed by atoms with Gasteiger partial charge in [0.05, 0.1) is 6.34 Å². The molecule has 0 N–H and O–H groups in total. The normalized spacial score (nSPS) is 11.9. The number of anilines is 1. The van der Waals surface area contributed by atoms with Crippen LogP contribution in [0.3, 0.4) is 0 Å². The van der Waals surface area contributed by atoms with Crippen LogP contribution in [0.1, 0.15) is 12.5 Å². The minimum atomic E-state index is 0.486. The Labute approximate surface area is 114 Å². The standard InChI is InChI=1S/C14H19ClN2O/c1-11-9-13(18-8-7-12(2)15)5-6-14(11)17(4)10-16-3/h5-7,9-10H,8H2,1-4H3. The van der Waals surface area contributed by atoms with E-state index < -0.39 is 0 Å². The van der Waals surface area contributed by atoms with Gasteiger partial charge >= 0.3 is 0 Å². The smallest absolute Gasteiger partial charge is 0.120 e. The van der Waals surface area contributed by atoms with Crippen LogP contribution < -0.4 is 9.64 Å². The average Bonchev–Trinajstić information content (AvgIpc) is 2.28. The number of benzene rings is 1. The molecule has 0 saturated carbocycles. The molecule has 1 rings (SSSR count). The molecule has 3 nitrogen and oxygen atoms in total. The summed E-state index contributed by atoms with van der Waals surface area (Å²) in [5.41, 5.74) is 2.25. The zero-order valence-corrected chi connectivity index (χ0v) is 12.0. The van der Waals surface area contributed by atoms with Gasteiger partial charge in [-0.3, -0.25) is 4.99 Å². The van der Waals surface area contributed by atoms with E-state index in [1.807, 2.05) is 50.1 Å². The highest BCUT2D eigenvalue weighted by molar-refractivity contribution is 6.29. The Balaban J connectivity index is 2.76. The van der Waals surface area contributed by atoms with Gasteiger partial charge in [-0.15, -0.1) is 0 Å². The molecule has 18 heavy (non-hydrogen) atoms. The molecular formula is C14H19ClN2O. The minimum Gasteiger partial charge on any atom is -0.489 e.